The molecule has 1 heterocycles. The Hall–Kier alpha value is -1.87. The first kappa shape index (κ1) is 12.6. The summed E-state index contributed by atoms with van der Waals surface area (Å²) in [5.41, 5.74) is 3.47. The van der Waals surface area contributed by atoms with Crippen LogP contribution in [0.1, 0.15) is 11.1 Å². The van der Waals surface area contributed by atoms with Gasteiger partial charge in [0, 0.05) is 16.8 Å². The number of carboxylic acid groups (broad SMARTS) is 1. The van der Waals surface area contributed by atoms with Crippen LogP contribution in [-0.4, -0.2) is 16.1 Å². The molecule has 0 radical (unpaired) electrons. The number of hydrogen-bond acceptors (Lipinski definition) is 2. The molecule has 0 amide bonds. The molecule has 0 fully saturated rings. The first-order valence-electron chi connectivity index (χ1n) is 5.49. The normalized spacial score (nSPS) is 10.3. The zero-order valence-electron chi connectivity index (χ0n) is 9.85. The molecule has 3 nitrogen and oxygen atoms in total. The zero-order chi connectivity index (χ0) is 13.1. The molecule has 0 spiro atoms. The van der Waals surface area contributed by atoms with Gasteiger partial charge in [0.15, 0.2) is 0 Å². The van der Waals surface area contributed by atoms with Gasteiger partial charge in [-0.25, -0.2) is 0 Å². The van der Waals surface area contributed by atoms with Crippen LogP contribution in [0.25, 0.3) is 11.3 Å². The average molecular weight is 262 g/mol. The van der Waals surface area contributed by atoms with Gasteiger partial charge in [0.2, 0.25) is 0 Å². The Bertz CT molecular complexity index is 559. The van der Waals surface area contributed by atoms with Crippen molar-refractivity contribution < 1.29 is 9.90 Å². The van der Waals surface area contributed by atoms with Gasteiger partial charge in [-0.05, 0) is 42.3 Å². The highest BCUT2D eigenvalue weighted by molar-refractivity contribution is 6.30. The summed E-state index contributed by atoms with van der Waals surface area (Å²) in [6.45, 7) is 1.97. The maximum atomic E-state index is 10.6. The summed E-state index contributed by atoms with van der Waals surface area (Å²) < 4.78 is 0. The van der Waals surface area contributed by atoms with Crippen LogP contribution < -0.4 is 0 Å². The van der Waals surface area contributed by atoms with Gasteiger partial charge in [0.05, 0.1) is 12.1 Å². The van der Waals surface area contributed by atoms with Gasteiger partial charge >= 0.3 is 5.97 Å². The summed E-state index contributed by atoms with van der Waals surface area (Å²) in [5, 5.41) is 9.35. The number of carboxylic acids is 1. The summed E-state index contributed by atoms with van der Waals surface area (Å²) in [7, 11) is 0. The minimum absolute atomic E-state index is 0.0120. The Kier molecular flexibility index (Phi) is 3.63. The maximum Gasteiger partial charge on any atom is 0.307 e. The molecule has 4 heteroatoms. The standard InChI is InChI=1S/C14H12ClNO2/c1-9-4-11(7-12(15)5-9)13-3-2-10(8-16-13)6-14(17)18/h2-5,7-8H,6H2,1H3,(H,17,18). The van der Waals surface area contributed by atoms with Crippen molar-refractivity contribution in [2.24, 2.45) is 0 Å². The smallest absolute Gasteiger partial charge is 0.307 e. The third-order valence-electron chi connectivity index (χ3n) is 2.52. The summed E-state index contributed by atoms with van der Waals surface area (Å²) in [6, 6.07) is 9.29. The number of aliphatic carboxylic acids is 1. The van der Waals surface area contributed by atoms with Gasteiger partial charge in [0.1, 0.15) is 0 Å². The number of benzene rings is 1. The SMILES string of the molecule is Cc1cc(Cl)cc(-c2ccc(CC(=O)O)cn2)c1. The number of aryl methyl sites for hydroxylation is 1. The third kappa shape index (κ3) is 3.08. The van der Waals surface area contributed by atoms with Crippen molar-refractivity contribution >= 4 is 17.6 Å². The lowest BCUT2D eigenvalue weighted by molar-refractivity contribution is -0.136. The highest BCUT2D eigenvalue weighted by Gasteiger charge is 2.04. The van der Waals surface area contributed by atoms with Crippen LogP contribution in [0.3, 0.4) is 0 Å². The van der Waals surface area contributed by atoms with Gasteiger partial charge in [0.25, 0.3) is 0 Å². The van der Waals surface area contributed by atoms with E-state index in [9.17, 15) is 4.79 Å². The third-order valence-corrected chi connectivity index (χ3v) is 2.74. The van der Waals surface area contributed by atoms with E-state index in [4.69, 9.17) is 16.7 Å². The van der Waals surface area contributed by atoms with Crippen LogP contribution in [0, 0.1) is 6.92 Å². The lowest BCUT2D eigenvalue weighted by Crippen LogP contribution is -2.00. The fraction of sp³-hybridized carbons (Fsp3) is 0.143. The zero-order valence-corrected chi connectivity index (χ0v) is 10.6. The van der Waals surface area contributed by atoms with E-state index in [0.717, 1.165) is 16.8 Å². The molecule has 1 aromatic carbocycles. The molecule has 0 atom stereocenters. The van der Waals surface area contributed by atoms with Crippen LogP contribution in [0.5, 0.6) is 0 Å². The fourth-order valence-electron chi connectivity index (χ4n) is 1.76. The Morgan fingerprint density at radius 2 is 2.11 bits per heavy atom. The Morgan fingerprint density at radius 1 is 1.33 bits per heavy atom. The molecular formula is C14H12ClNO2. The Labute approximate surface area is 110 Å². The first-order chi connectivity index (χ1) is 8.54. The number of pyridine rings is 1. The van der Waals surface area contributed by atoms with Crippen LogP contribution in [0.2, 0.25) is 5.02 Å². The molecule has 0 saturated carbocycles. The lowest BCUT2D eigenvalue weighted by atomic mass is 10.1. The van der Waals surface area contributed by atoms with E-state index in [2.05, 4.69) is 4.98 Å². The molecule has 2 aromatic rings. The Balaban J connectivity index is 2.31. The van der Waals surface area contributed by atoms with E-state index in [1.165, 1.54) is 0 Å². The molecule has 0 saturated heterocycles. The van der Waals surface area contributed by atoms with E-state index in [0.29, 0.717) is 10.6 Å². The van der Waals surface area contributed by atoms with E-state index in [-0.39, 0.29) is 6.42 Å². The second-order valence-electron chi connectivity index (χ2n) is 4.14. The van der Waals surface area contributed by atoms with Crippen molar-refractivity contribution in [2.45, 2.75) is 13.3 Å². The van der Waals surface area contributed by atoms with Crippen LogP contribution in [0.15, 0.2) is 36.5 Å². The highest BCUT2D eigenvalue weighted by Crippen LogP contribution is 2.23. The van der Waals surface area contributed by atoms with E-state index >= 15 is 0 Å². The maximum absolute atomic E-state index is 10.6. The number of nitrogens with zero attached hydrogens (tertiary/aromatic N) is 1. The Morgan fingerprint density at radius 3 is 2.67 bits per heavy atom. The van der Waals surface area contributed by atoms with Gasteiger partial charge in [-0.1, -0.05) is 17.7 Å². The molecule has 18 heavy (non-hydrogen) atoms. The van der Waals surface area contributed by atoms with Crippen molar-refractivity contribution in [1.29, 1.82) is 0 Å². The fourth-order valence-corrected chi connectivity index (χ4v) is 2.05. The molecule has 0 unspecified atom stereocenters. The minimum atomic E-state index is -0.858. The molecule has 1 aromatic heterocycles. The molecule has 0 aliphatic carbocycles. The number of halogens is 1. The summed E-state index contributed by atoms with van der Waals surface area (Å²) >= 11 is 5.99. The van der Waals surface area contributed by atoms with Crippen LogP contribution in [-0.2, 0) is 11.2 Å². The lowest BCUT2D eigenvalue weighted by Gasteiger charge is -2.04. The van der Waals surface area contributed by atoms with Gasteiger partial charge in [-0.2, -0.15) is 0 Å². The van der Waals surface area contributed by atoms with Gasteiger partial charge in [-0.15, -0.1) is 0 Å². The molecule has 1 N–H and O–H groups in total. The molecule has 92 valence electrons. The quantitative estimate of drug-likeness (QED) is 0.922. The molecular weight excluding hydrogens is 250 g/mol. The predicted octanol–water partition coefficient (Wildman–Crippen LogP) is 3.34. The predicted molar refractivity (Wildman–Crippen MR) is 70.8 cm³/mol. The van der Waals surface area contributed by atoms with Crippen molar-refractivity contribution in [3.05, 3.63) is 52.7 Å². The van der Waals surface area contributed by atoms with Crippen molar-refractivity contribution in [1.82, 2.24) is 4.98 Å². The van der Waals surface area contributed by atoms with E-state index in [1.54, 1.807) is 12.3 Å². The van der Waals surface area contributed by atoms with Crippen molar-refractivity contribution in [2.75, 3.05) is 0 Å². The second-order valence-corrected chi connectivity index (χ2v) is 4.58. The number of hydrogen-bond donors (Lipinski definition) is 1. The molecule has 2 rings (SSSR count). The molecule has 0 bridgehead atoms. The average Bonchev–Trinajstić information content (AvgIpc) is 2.27. The summed E-state index contributed by atoms with van der Waals surface area (Å²) in [4.78, 5) is 14.8. The van der Waals surface area contributed by atoms with Crippen molar-refractivity contribution in [3.8, 4) is 11.3 Å². The highest BCUT2D eigenvalue weighted by atomic mass is 35.5. The number of carbonyl (C=O) groups is 1. The van der Waals surface area contributed by atoms with E-state index < -0.39 is 5.97 Å². The van der Waals surface area contributed by atoms with Crippen LogP contribution >= 0.6 is 11.6 Å². The summed E-state index contributed by atoms with van der Waals surface area (Å²) in [5.74, 6) is -0.858. The molecule has 0 aliphatic rings. The summed E-state index contributed by atoms with van der Waals surface area (Å²) in [6.07, 6.45) is 1.57. The molecule has 0 aliphatic heterocycles. The van der Waals surface area contributed by atoms with Crippen LogP contribution in [0.4, 0.5) is 0 Å². The van der Waals surface area contributed by atoms with Gasteiger partial charge in [-0.3, -0.25) is 9.78 Å². The minimum Gasteiger partial charge on any atom is -0.481 e. The van der Waals surface area contributed by atoms with E-state index in [1.807, 2.05) is 31.2 Å². The van der Waals surface area contributed by atoms with Crippen molar-refractivity contribution in [3.63, 3.8) is 0 Å². The number of rotatable bonds is 3. The number of aromatic nitrogens is 1. The van der Waals surface area contributed by atoms with Gasteiger partial charge < -0.3 is 5.11 Å². The topological polar surface area (TPSA) is 50.2 Å². The second kappa shape index (κ2) is 5.19. The monoisotopic (exact) mass is 261 g/mol. The first-order valence-corrected chi connectivity index (χ1v) is 5.86. The largest absolute Gasteiger partial charge is 0.481 e.